The van der Waals surface area contributed by atoms with Crippen LogP contribution in [-0.2, 0) is 0 Å². The zero-order valence-corrected chi connectivity index (χ0v) is 10.9. The van der Waals surface area contributed by atoms with Crippen LogP contribution in [0.25, 0.3) is 0 Å². The van der Waals surface area contributed by atoms with E-state index in [0.717, 1.165) is 25.3 Å². The van der Waals surface area contributed by atoms with E-state index in [1.807, 2.05) is 6.07 Å². The second kappa shape index (κ2) is 5.09. The molecule has 0 aromatic heterocycles. The molecule has 1 saturated carbocycles. The Balaban J connectivity index is 1.93. The molecular weight excluding hydrogens is 210 g/mol. The summed E-state index contributed by atoms with van der Waals surface area (Å²) in [6.07, 6.45) is 3.64. The minimum atomic E-state index is 0.391. The first-order chi connectivity index (χ1) is 8.15. The number of hydrogen-bond donors (Lipinski definition) is 1. The molecule has 0 heterocycles. The van der Waals surface area contributed by atoms with Gasteiger partial charge in [-0.2, -0.15) is 0 Å². The first-order valence-electron chi connectivity index (χ1n) is 6.58. The van der Waals surface area contributed by atoms with Crippen molar-refractivity contribution >= 4 is 0 Å². The maximum absolute atomic E-state index is 5.92. The van der Waals surface area contributed by atoms with Crippen molar-refractivity contribution in [1.29, 1.82) is 0 Å². The average molecular weight is 233 g/mol. The summed E-state index contributed by atoms with van der Waals surface area (Å²) in [5.74, 6) is 1.55. The maximum atomic E-state index is 5.92. The third-order valence-electron chi connectivity index (χ3n) is 3.70. The second-order valence-electron chi connectivity index (χ2n) is 5.55. The lowest BCUT2D eigenvalue weighted by molar-refractivity contribution is 0.227. The molecule has 17 heavy (non-hydrogen) atoms. The first-order valence-corrected chi connectivity index (χ1v) is 6.58. The minimum Gasteiger partial charge on any atom is -0.493 e. The fourth-order valence-electron chi connectivity index (χ4n) is 2.15. The smallest absolute Gasteiger partial charge is 0.119 e. The molecule has 2 rings (SSSR count). The molecule has 2 nitrogen and oxygen atoms in total. The van der Waals surface area contributed by atoms with Gasteiger partial charge >= 0.3 is 0 Å². The van der Waals surface area contributed by atoms with Crippen molar-refractivity contribution in [3.8, 4) is 5.75 Å². The monoisotopic (exact) mass is 233 g/mol. The van der Waals surface area contributed by atoms with Crippen LogP contribution in [0.5, 0.6) is 5.75 Å². The maximum Gasteiger partial charge on any atom is 0.119 e. The zero-order valence-electron chi connectivity index (χ0n) is 10.9. The molecule has 1 aromatic carbocycles. The van der Waals surface area contributed by atoms with Crippen molar-refractivity contribution in [3.05, 3.63) is 29.8 Å². The van der Waals surface area contributed by atoms with Gasteiger partial charge < -0.3 is 10.5 Å². The summed E-state index contributed by atoms with van der Waals surface area (Å²) >= 11 is 0. The normalized spacial score (nSPS) is 17.2. The van der Waals surface area contributed by atoms with E-state index < -0.39 is 0 Å². The predicted molar refractivity (Wildman–Crippen MR) is 71.4 cm³/mol. The summed E-state index contributed by atoms with van der Waals surface area (Å²) in [5.41, 5.74) is 7.36. The molecule has 0 radical (unpaired) electrons. The van der Waals surface area contributed by atoms with Crippen molar-refractivity contribution in [2.24, 2.45) is 11.1 Å². The number of rotatable bonds is 6. The van der Waals surface area contributed by atoms with Gasteiger partial charge in [0, 0.05) is 5.41 Å². The largest absolute Gasteiger partial charge is 0.493 e. The Kier molecular flexibility index (Phi) is 3.72. The predicted octanol–water partition coefficient (Wildman–Crippen LogP) is 3.32. The first kappa shape index (κ1) is 12.4. The topological polar surface area (TPSA) is 35.2 Å². The molecule has 0 spiro atoms. The summed E-state index contributed by atoms with van der Waals surface area (Å²) in [6, 6.07) is 8.44. The molecule has 1 fully saturated rings. The second-order valence-corrected chi connectivity index (χ2v) is 5.55. The Morgan fingerprint density at radius 3 is 2.71 bits per heavy atom. The van der Waals surface area contributed by atoms with Crippen LogP contribution in [-0.4, -0.2) is 13.2 Å². The Hall–Kier alpha value is -1.02. The van der Waals surface area contributed by atoms with Crippen LogP contribution < -0.4 is 10.5 Å². The molecule has 1 aromatic rings. The number of ether oxygens (including phenoxy) is 1. The summed E-state index contributed by atoms with van der Waals surface area (Å²) in [4.78, 5) is 0. The highest BCUT2D eigenvalue weighted by molar-refractivity contribution is 5.30. The average Bonchev–Trinajstić information content (AvgIpc) is 3.08. The molecule has 94 valence electrons. The lowest BCUT2D eigenvalue weighted by atomic mass is 10.0. The van der Waals surface area contributed by atoms with Crippen molar-refractivity contribution in [3.63, 3.8) is 0 Å². The van der Waals surface area contributed by atoms with Gasteiger partial charge in [-0.15, -0.1) is 0 Å². The molecule has 2 heteroatoms. The minimum absolute atomic E-state index is 0.391. The molecule has 2 N–H and O–H groups in total. The van der Waals surface area contributed by atoms with Gasteiger partial charge in [-0.05, 0) is 49.4 Å². The van der Waals surface area contributed by atoms with Crippen molar-refractivity contribution < 1.29 is 4.74 Å². The Morgan fingerprint density at radius 2 is 2.12 bits per heavy atom. The van der Waals surface area contributed by atoms with Crippen molar-refractivity contribution in [1.82, 2.24) is 0 Å². The number of nitrogens with two attached hydrogens (primary N) is 1. The van der Waals surface area contributed by atoms with Gasteiger partial charge in [0.1, 0.15) is 5.75 Å². The highest BCUT2D eigenvalue weighted by Gasteiger charge is 2.42. The van der Waals surface area contributed by atoms with Crippen molar-refractivity contribution in [2.75, 3.05) is 13.2 Å². The Morgan fingerprint density at radius 1 is 1.35 bits per heavy atom. The lowest BCUT2D eigenvalue weighted by Crippen LogP contribution is -2.17. The molecule has 0 bridgehead atoms. The summed E-state index contributed by atoms with van der Waals surface area (Å²) in [7, 11) is 0. The van der Waals surface area contributed by atoms with E-state index in [4.69, 9.17) is 10.5 Å². The van der Waals surface area contributed by atoms with Crippen LogP contribution in [0.15, 0.2) is 24.3 Å². The van der Waals surface area contributed by atoms with Gasteiger partial charge in [0.15, 0.2) is 0 Å². The third kappa shape index (κ3) is 3.22. The lowest BCUT2D eigenvalue weighted by Gasteiger charge is -2.16. The van der Waals surface area contributed by atoms with E-state index in [1.165, 1.54) is 18.4 Å². The van der Waals surface area contributed by atoms with Gasteiger partial charge in [0.2, 0.25) is 0 Å². The van der Waals surface area contributed by atoms with E-state index in [0.29, 0.717) is 11.3 Å². The molecule has 1 aliphatic rings. The quantitative estimate of drug-likeness (QED) is 0.818. The summed E-state index contributed by atoms with van der Waals surface area (Å²) < 4.78 is 5.92. The highest BCUT2D eigenvalue weighted by atomic mass is 16.5. The van der Waals surface area contributed by atoms with E-state index in [1.54, 1.807) is 0 Å². The number of hydrogen-bond acceptors (Lipinski definition) is 2. The van der Waals surface area contributed by atoms with Gasteiger partial charge in [-0.3, -0.25) is 0 Å². The molecular formula is C15H23NO. The zero-order chi connectivity index (χ0) is 12.3. The van der Waals surface area contributed by atoms with Crippen LogP contribution in [0.1, 0.15) is 44.6 Å². The fraction of sp³-hybridized carbons (Fsp3) is 0.600. The molecule has 0 atom stereocenters. The summed E-state index contributed by atoms with van der Waals surface area (Å²) in [6.45, 7) is 6.01. The van der Waals surface area contributed by atoms with Crippen LogP contribution in [0, 0.1) is 5.41 Å². The standard InChI is InChI=1S/C15H23NO/c1-12(2)13-4-3-5-14(10-13)17-11-15(6-7-15)8-9-16/h3-5,10,12H,6-9,11,16H2,1-2H3. The molecule has 0 unspecified atom stereocenters. The Labute approximate surface area is 104 Å². The van der Waals surface area contributed by atoms with E-state index in [-0.39, 0.29) is 0 Å². The van der Waals surface area contributed by atoms with E-state index in [9.17, 15) is 0 Å². The van der Waals surface area contributed by atoms with E-state index in [2.05, 4.69) is 32.0 Å². The van der Waals surface area contributed by atoms with Gasteiger partial charge in [0.05, 0.1) is 6.61 Å². The SMILES string of the molecule is CC(C)c1cccc(OCC2(CCN)CC2)c1. The van der Waals surface area contributed by atoms with Gasteiger partial charge in [0.25, 0.3) is 0 Å². The molecule has 1 aliphatic carbocycles. The summed E-state index contributed by atoms with van der Waals surface area (Å²) in [5, 5.41) is 0. The molecule has 0 amide bonds. The van der Waals surface area contributed by atoms with Crippen molar-refractivity contribution in [2.45, 2.75) is 39.0 Å². The fourth-order valence-corrected chi connectivity index (χ4v) is 2.15. The van der Waals surface area contributed by atoms with Crippen LogP contribution in [0.3, 0.4) is 0 Å². The van der Waals surface area contributed by atoms with Gasteiger partial charge in [-0.1, -0.05) is 26.0 Å². The van der Waals surface area contributed by atoms with Gasteiger partial charge in [-0.25, -0.2) is 0 Å². The third-order valence-corrected chi connectivity index (χ3v) is 3.70. The highest BCUT2D eigenvalue weighted by Crippen LogP contribution is 2.48. The molecule has 0 aliphatic heterocycles. The Bertz CT molecular complexity index is 369. The number of benzene rings is 1. The van der Waals surface area contributed by atoms with Crippen LogP contribution in [0.2, 0.25) is 0 Å². The van der Waals surface area contributed by atoms with E-state index >= 15 is 0 Å². The van der Waals surface area contributed by atoms with Crippen LogP contribution >= 0.6 is 0 Å². The molecule has 0 saturated heterocycles. The van der Waals surface area contributed by atoms with Crippen LogP contribution in [0.4, 0.5) is 0 Å².